The van der Waals surface area contributed by atoms with E-state index >= 15 is 0 Å². The molecule has 1 aliphatic rings. The molecule has 0 bridgehead atoms. The van der Waals surface area contributed by atoms with Crippen LogP contribution in [0.3, 0.4) is 0 Å². The maximum absolute atomic E-state index is 12.8. The van der Waals surface area contributed by atoms with E-state index in [2.05, 4.69) is 51.0 Å². The number of carbonyl (C=O) groups is 2. The molecule has 1 aromatic heterocycles. The Bertz CT molecular complexity index is 797. The Balaban J connectivity index is 1.91. The van der Waals surface area contributed by atoms with Crippen molar-refractivity contribution in [3.63, 3.8) is 0 Å². The fraction of sp³-hybridized carbons (Fsp3) is 0.600. The highest BCUT2D eigenvalue weighted by molar-refractivity contribution is 5.87. The predicted molar refractivity (Wildman–Crippen MR) is 123 cm³/mol. The molecule has 1 aliphatic carbocycles. The highest BCUT2D eigenvalue weighted by Gasteiger charge is 2.36. The maximum atomic E-state index is 12.8. The third-order valence-corrected chi connectivity index (χ3v) is 7.13. The average molecular weight is 431 g/mol. The van der Waals surface area contributed by atoms with Crippen molar-refractivity contribution in [1.29, 1.82) is 0 Å². The minimum atomic E-state index is -0.503. The highest BCUT2D eigenvalue weighted by Crippen LogP contribution is 2.49. The molecule has 1 heterocycles. The van der Waals surface area contributed by atoms with Gasteiger partial charge in [0, 0.05) is 18.4 Å². The summed E-state index contributed by atoms with van der Waals surface area (Å²) in [4.78, 5) is 25.5. The first-order valence-corrected chi connectivity index (χ1v) is 11.4. The fourth-order valence-electron chi connectivity index (χ4n) is 4.36. The van der Waals surface area contributed by atoms with Crippen LogP contribution in [0.2, 0.25) is 0 Å². The molecule has 5 N–H and O–H groups in total. The third-order valence-electron chi connectivity index (χ3n) is 7.13. The van der Waals surface area contributed by atoms with Gasteiger partial charge in [0.15, 0.2) is 0 Å². The Morgan fingerprint density at radius 3 is 2.39 bits per heavy atom. The van der Waals surface area contributed by atoms with Gasteiger partial charge in [0.05, 0.1) is 19.1 Å². The van der Waals surface area contributed by atoms with Crippen LogP contribution < -0.4 is 16.4 Å². The largest absolute Gasteiger partial charge is 0.472 e. The Kier molecular flexibility index (Phi) is 9.11. The van der Waals surface area contributed by atoms with Gasteiger partial charge in [-0.05, 0) is 82.6 Å². The van der Waals surface area contributed by atoms with Gasteiger partial charge in [0.25, 0.3) is 0 Å². The van der Waals surface area contributed by atoms with Crippen LogP contribution in [0.25, 0.3) is 0 Å². The lowest BCUT2D eigenvalue weighted by Gasteiger charge is -2.29. The van der Waals surface area contributed by atoms with Crippen LogP contribution in [-0.4, -0.2) is 30.9 Å². The van der Waals surface area contributed by atoms with Crippen molar-refractivity contribution < 1.29 is 19.7 Å². The monoisotopic (exact) mass is 430 g/mol. The van der Waals surface area contributed by atoms with Crippen molar-refractivity contribution in [3.05, 3.63) is 46.4 Å². The number of hydrogen-bond acceptors (Lipinski definition) is 3. The van der Waals surface area contributed by atoms with Crippen LogP contribution >= 0.6 is 0 Å². The van der Waals surface area contributed by atoms with Crippen LogP contribution in [0.1, 0.15) is 72.3 Å². The molecule has 31 heavy (non-hydrogen) atoms. The molecule has 6 heteroatoms. The lowest BCUT2D eigenvalue weighted by molar-refractivity contribution is -0.368. The van der Waals surface area contributed by atoms with E-state index in [1.54, 1.807) is 12.5 Å². The molecule has 0 aromatic carbocycles. The second-order valence-electron chi connectivity index (χ2n) is 8.97. The van der Waals surface area contributed by atoms with Crippen LogP contribution in [0, 0.1) is 5.41 Å². The first-order valence-electron chi connectivity index (χ1n) is 11.4. The molecule has 1 aromatic rings. The lowest BCUT2D eigenvalue weighted by atomic mass is 9.75. The molecule has 172 valence electrons. The van der Waals surface area contributed by atoms with Crippen LogP contribution in [0.5, 0.6) is 0 Å². The summed E-state index contributed by atoms with van der Waals surface area (Å²) < 4.78 is 5.06. The van der Waals surface area contributed by atoms with Gasteiger partial charge < -0.3 is 20.8 Å². The minimum Gasteiger partial charge on any atom is -0.472 e. The van der Waals surface area contributed by atoms with Gasteiger partial charge in [-0.2, -0.15) is 0 Å². The van der Waals surface area contributed by atoms with Crippen molar-refractivity contribution in [2.24, 2.45) is 5.41 Å². The first kappa shape index (κ1) is 24.9. The third kappa shape index (κ3) is 6.33. The van der Waals surface area contributed by atoms with Crippen LogP contribution in [0.4, 0.5) is 0 Å². The summed E-state index contributed by atoms with van der Waals surface area (Å²) >= 11 is 0. The van der Waals surface area contributed by atoms with E-state index in [-0.39, 0.29) is 17.2 Å². The Hall–Kier alpha value is -2.34. The zero-order valence-corrected chi connectivity index (χ0v) is 19.9. The second-order valence-corrected chi connectivity index (χ2v) is 8.97. The summed E-state index contributed by atoms with van der Waals surface area (Å²) in [7, 11) is 0. The van der Waals surface area contributed by atoms with Crippen molar-refractivity contribution in [3.8, 4) is 0 Å². The van der Waals surface area contributed by atoms with Crippen LogP contribution in [-0.2, 0) is 16.0 Å². The van der Waals surface area contributed by atoms with E-state index in [4.69, 9.17) is 4.42 Å². The number of nitrogens with one attached hydrogen (secondary N) is 2. The number of carbonyl (C=O) groups excluding carboxylic acids is 2. The Morgan fingerprint density at radius 2 is 1.81 bits per heavy atom. The van der Waals surface area contributed by atoms with E-state index in [1.165, 1.54) is 22.3 Å². The molecule has 0 saturated carbocycles. The van der Waals surface area contributed by atoms with Gasteiger partial charge in [-0.15, -0.1) is 0 Å². The summed E-state index contributed by atoms with van der Waals surface area (Å²) in [5.41, 5.74) is 10.2. The smallest absolute Gasteiger partial charge is 0.242 e. The molecule has 1 atom stereocenters. The number of rotatable bonds is 12. The number of furan rings is 1. The van der Waals surface area contributed by atoms with Crippen LogP contribution in [0.15, 0.2) is 45.3 Å². The molecular formula is C25H40N3O3+. The van der Waals surface area contributed by atoms with E-state index in [9.17, 15) is 9.59 Å². The molecule has 0 unspecified atom stereocenters. The van der Waals surface area contributed by atoms with Crippen molar-refractivity contribution in [2.45, 2.75) is 79.2 Å². The van der Waals surface area contributed by atoms with Gasteiger partial charge in [0.1, 0.15) is 6.04 Å². The normalized spacial score (nSPS) is 16.6. The molecule has 2 rings (SSSR count). The zero-order valence-electron chi connectivity index (χ0n) is 19.9. The topological polar surface area (TPSA) is 99.0 Å². The van der Waals surface area contributed by atoms with E-state index in [0.29, 0.717) is 25.8 Å². The fourth-order valence-corrected chi connectivity index (χ4v) is 4.36. The SMILES string of the molecule is CC1=C(C)C(C)(CCC(=O)N[C@@H](CCCC[NH3+])C(=O)NCCc2ccoc2)C(C)=C1C. The highest BCUT2D eigenvalue weighted by atomic mass is 16.3. The van der Waals surface area contributed by atoms with E-state index in [0.717, 1.165) is 31.4 Å². The zero-order chi connectivity index (χ0) is 23.0. The van der Waals surface area contributed by atoms with Crippen molar-refractivity contribution in [2.75, 3.05) is 13.1 Å². The van der Waals surface area contributed by atoms with Crippen molar-refractivity contribution >= 4 is 11.8 Å². The number of allylic oxidation sites excluding steroid dienone is 4. The van der Waals surface area contributed by atoms with Crippen molar-refractivity contribution in [1.82, 2.24) is 10.6 Å². The molecule has 0 spiro atoms. The number of quaternary nitrogens is 1. The summed E-state index contributed by atoms with van der Waals surface area (Å²) in [6.45, 7) is 12.2. The molecule has 6 nitrogen and oxygen atoms in total. The number of amides is 2. The summed E-state index contributed by atoms with van der Waals surface area (Å²) in [6, 6.07) is 1.39. The Labute approximate surface area is 186 Å². The quantitative estimate of drug-likeness (QED) is 0.444. The molecule has 0 radical (unpaired) electrons. The number of unbranched alkanes of at least 4 members (excludes halogenated alkanes) is 1. The molecule has 0 fully saturated rings. The standard InChI is InChI=1S/C25H39N3O3/c1-17-18(2)20(4)25(5,19(17)3)12-9-23(29)28-22(8-6-7-13-26)24(30)27-14-10-21-11-15-31-16-21/h11,15-16,22H,6-10,12-14,26H2,1-5H3,(H,27,30)(H,28,29)/p+1/t22-/m0/s1. The minimum absolute atomic E-state index is 0.0614. The van der Waals surface area contributed by atoms with Gasteiger partial charge >= 0.3 is 0 Å². The summed E-state index contributed by atoms with van der Waals surface area (Å²) in [6.07, 6.45) is 7.60. The molecular weight excluding hydrogens is 390 g/mol. The molecule has 2 amide bonds. The first-order chi connectivity index (χ1) is 14.7. The van der Waals surface area contributed by atoms with Gasteiger partial charge in [-0.25, -0.2) is 0 Å². The van der Waals surface area contributed by atoms with Gasteiger partial charge in [0.2, 0.25) is 11.8 Å². The summed E-state index contributed by atoms with van der Waals surface area (Å²) in [5.74, 6) is -0.180. The average Bonchev–Trinajstić information content (AvgIpc) is 3.32. The summed E-state index contributed by atoms with van der Waals surface area (Å²) in [5, 5.41) is 5.95. The molecule has 0 aliphatic heterocycles. The maximum Gasteiger partial charge on any atom is 0.242 e. The van der Waals surface area contributed by atoms with Gasteiger partial charge in [-0.3, -0.25) is 9.59 Å². The lowest BCUT2D eigenvalue weighted by Crippen LogP contribution is -2.50. The van der Waals surface area contributed by atoms with E-state index < -0.39 is 6.04 Å². The predicted octanol–water partition coefficient (Wildman–Crippen LogP) is 3.31. The molecule has 0 saturated heterocycles. The number of hydrogen-bond donors (Lipinski definition) is 3. The van der Waals surface area contributed by atoms with Gasteiger partial charge in [-0.1, -0.05) is 18.1 Å². The second kappa shape index (κ2) is 11.3. The van der Waals surface area contributed by atoms with E-state index in [1.807, 2.05) is 6.07 Å². The Morgan fingerprint density at radius 1 is 1.13 bits per heavy atom.